The van der Waals surface area contributed by atoms with Gasteiger partial charge in [-0.3, -0.25) is 0 Å². The van der Waals surface area contributed by atoms with Crippen molar-refractivity contribution >= 4 is 0 Å². The monoisotopic (exact) mass is 287 g/mol. The molecule has 1 N–H and O–H groups in total. The summed E-state index contributed by atoms with van der Waals surface area (Å²) in [6, 6.07) is 9.35. The fourth-order valence-corrected chi connectivity index (χ4v) is 3.27. The summed E-state index contributed by atoms with van der Waals surface area (Å²) in [5.41, 5.74) is 3.73. The Bertz CT molecular complexity index is 432. The minimum absolute atomic E-state index is 0.255. The molecule has 1 aromatic rings. The Balaban J connectivity index is 1.95. The van der Waals surface area contributed by atoms with Crippen molar-refractivity contribution in [3.05, 3.63) is 35.4 Å². The second-order valence-corrected chi connectivity index (χ2v) is 8.50. The van der Waals surface area contributed by atoms with Crippen LogP contribution in [0.1, 0.15) is 65.0 Å². The summed E-state index contributed by atoms with van der Waals surface area (Å²) in [7, 11) is 0. The molecule has 1 fully saturated rings. The van der Waals surface area contributed by atoms with Gasteiger partial charge >= 0.3 is 0 Å². The number of hydrogen-bond acceptors (Lipinski definition) is 1. The lowest BCUT2D eigenvalue weighted by Gasteiger charge is -2.43. The van der Waals surface area contributed by atoms with Crippen LogP contribution in [0.4, 0.5) is 0 Å². The number of nitrogens with one attached hydrogen (secondary N) is 1. The van der Waals surface area contributed by atoms with Gasteiger partial charge in [-0.2, -0.15) is 0 Å². The zero-order valence-electron chi connectivity index (χ0n) is 14.6. The maximum atomic E-state index is 3.68. The largest absolute Gasteiger partial charge is 0.316 e. The van der Waals surface area contributed by atoms with Gasteiger partial charge in [0.25, 0.3) is 0 Å². The third-order valence-corrected chi connectivity index (χ3v) is 4.87. The van der Waals surface area contributed by atoms with E-state index in [9.17, 15) is 0 Å². The van der Waals surface area contributed by atoms with Crippen LogP contribution in [-0.4, -0.2) is 13.1 Å². The lowest BCUT2D eigenvalue weighted by molar-refractivity contribution is 0.129. The van der Waals surface area contributed by atoms with Crippen molar-refractivity contribution in [3.63, 3.8) is 0 Å². The lowest BCUT2D eigenvalue weighted by atomic mass is 9.65. The molecule has 0 radical (unpaired) electrons. The van der Waals surface area contributed by atoms with Crippen LogP contribution in [0.5, 0.6) is 0 Å². The number of benzene rings is 1. The molecule has 0 unspecified atom stereocenters. The molecule has 0 spiro atoms. The lowest BCUT2D eigenvalue weighted by Crippen LogP contribution is -2.42. The standard InChI is InChI=1S/C20H33N/c1-16(2)14-21-15-20(11-6-12-20)13-17-7-9-18(10-8-17)19(3,4)5/h7-10,16,21H,6,11-15H2,1-5H3. The van der Waals surface area contributed by atoms with E-state index in [2.05, 4.69) is 64.2 Å². The van der Waals surface area contributed by atoms with Crippen molar-refractivity contribution in [2.24, 2.45) is 11.3 Å². The molecule has 21 heavy (non-hydrogen) atoms. The molecule has 0 aromatic heterocycles. The fourth-order valence-electron chi connectivity index (χ4n) is 3.27. The van der Waals surface area contributed by atoms with Gasteiger partial charge in [-0.1, -0.05) is 65.3 Å². The first-order valence-corrected chi connectivity index (χ1v) is 8.61. The van der Waals surface area contributed by atoms with Crippen LogP contribution < -0.4 is 5.32 Å². The average molecular weight is 287 g/mol. The van der Waals surface area contributed by atoms with E-state index in [0.29, 0.717) is 5.41 Å². The Kier molecular flexibility index (Phi) is 5.14. The highest BCUT2D eigenvalue weighted by molar-refractivity contribution is 5.28. The van der Waals surface area contributed by atoms with Crippen molar-refractivity contribution in [2.45, 2.75) is 65.7 Å². The second kappa shape index (κ2) is 6.52. The molecule has 0 heterocycles. The van der Waals surface area contributed by atoms with Crippen LogP contribution in [0.25, 0.3) is 0 Å². The molecule has 0 atom stereocenters. The molecule has 1 aromatic carbocycles. The predicted octanol–water partition coefficient (Wildman–Crippen LogP) is 4.94. The molecular formula is C20H33N. The number of rotatable bonds is 6. The topological polar surface area (TPSA) is 12.0 Å². The maximum Gasteiger partial charge on any atom is 0.00111 e. The summed E-state index contributed by atoms with van der Waals surface area (Å²) in [4.78, 5) is 0. The SMILES string of the molecule is CC(C)CNCC1(Cc2ccc(C(C)(C)C)cc2)CCC1. The molecule has 118 valence electrons. The summed E-state index contributed by atoms with van der Waals surface area (Å²) in [6.07, 6.45) is 5.42. The van der Waals surface area contributed by atoms with Gasteiger partial charge in [-0.25, -0.2) is 0 Å². The third-order valence-electron chi connectivity index (χ3n) is 4.87. The quantitative estimate of drug-likeness (QED) is 0.781. The minimum atomic E-state index is 0.255. The molecule has 1 saturated carbocycles. The predicted molar refractivity (Wildman–Crippen MR) is 92.8 cm³/mol. The molecule has 1 aliphatic carbocycles. The highest BCUT2D eigenvalue weighted by Gasteiger charge is 2.36. The van der Waals surface area contributed by atoms with Crippen molar-refractivity contribution < 1.29 is 0 Å². The third kappa shape index (κ3) is 4.57. The van der Waals surface area contributed by atoms with E-state index in [1.165, 1.54) is 43.4 Å². The first-order chi connectivity index (χ1) is 9.81. The van der Waals surface area contributed by atoms with Gasteiger partial charge in [-0.15, -0.1) is 0 Å². The fraction of sp³-hybridized carbons (Fsp3) is 0.700. The van der Waals surface area contributed by atoms with Crippen molar-refractivity contribution in [1.29, 1.82) is 0 Å². The van der Waals surface area contributed by atoms with Gasteiger partial charge in [0.1, 0.15) is 0 Å². The van der Waals surface area contributed by atoms with Gasteiger partial charge in [0.15, 0.2) is 0 Å². The Hall–Kier alpha value is -0.820. The molecule has 1 heteroatoms. The molecule has 1 nitrogen and oxygen atoms in total. The van der Waals surface area contributed by atoms with Crippen LogP contribution in [0.15, 0.2) is 24.3 Å². The Morgan fingerprint density at radius 2 is 1.71 bits per heavy atom. The molecule has 0 bridgehead atoms. The van der Waals surface area contributed by atoms with E-state index in [4.69, 9.17) is 0 Å². The van der Waals surface area contributed by atoms with Gasteiger partial charge in [-0.05, 0) is 53.7 Å². The van der Waals surface area contributed by atoms with E-state index in [0.717, 1.165) is 12.5 Å². The molecule has 2 rings (SSSR count). The highest BCUT2D eigenvalue weighted by atomic mass is 14.9. The van der Waals surface area contributed by atoms with Crippen LogP contribution in [-0.2, 0) is 11.8 Å². The normalized spacial score (nSPS) is 17.8. The molecule has 1 aliphatic rings. The van der Waals surface area contributed by atoms with E-state index < -0.39 is 0 Å². The first-order valence-electron chi connectivity index (χ1n) is 8.61. The minimum Gasteiger partial charge on any atom is -0.316 e. The van der Waals surface area contributed by atoms with E-state index >= 15 is 0 Å². The molecular weight excluding hydrogens is 254 g/mol. The van der Waals surface area contributed by atoms with Crippen LogP contribution >= 0.6 is 0 Å². The Labute approximate surface area is 131 Å². The van der Waals surface area contributed by atoms with Crippen molar-refractivity contribution in [2.75, 3.05) is 13.1 Å². The van der Waals surface area contributed by atoms with Gasteiger partial charge in [0.2, 0.25) is 0 Å². The van der Waals surface area contributed by atoms with E-state index in [-0.39, 0.29) is 5.41 Å². The smallest absolute Gasteiger partial charge is 0.00111 e. The van der Waals surface area contributed by atoms with Crippen molar-refractivity contribution in [3.8, 4) is 0 Å². The zero-order chi connectivity index (χ0) is 15.5. The highest BCUT2D eigenvalue weighted by Crippen LogP contribution is 2.43. The second-order valence-electron chi connectivity index (χ2n) is 8.50. The average Bonchev–Trinajstić information content (AvgIpc) is 2.34. The summed E-state index contributed by atoms with van der Waals surface area (Å²) in [5, 5.41) is 3.68. The van der Waals surface area contributed by atoms with Crippen molar-refractivity contribution in [1.82, 2.24) is 5.32 Å². The molecule has 0 aliphatic heterocycles. The zero-order valence-corrected chi connectivity index (χ0v) is 14.6. The van der Waals surface area contributed by atoms with Gasteiger partial charge < -0.3 is 5.32 Å². The van der Waals surface area contributed by atoms with Gasteiger partial charge in [0, 0.05) is 6.54 Å². The van der Waals surface area contributed by atoms with Crippen LogP contribution in [0, 0.1) is 11.3 Å². The molecule has 0 amide bonds. The Morgan fingerprint density at radius 1 is 1.10 bits per heavy atom. The van der Waals surface area contributed by atoms with Crippen LogP contribution in [0.2, 0.25) is 0 Å². The Morgan fingerprint density at radius 3 is 2.14 bits per heavy atom. The molecule has 0 saturated heterocycles. The van der Waals surface area contributed by atoms with Crippen LogP contribution in [0.3, 0.4) is 0 Å². The summed E-state index contributed by atoms with van der Waals surface area (Å²) < 4.78 is 0. The number of hydrogen-bond donors (Lipinski definition) is 1. The maximum absolute atomic E-state index is 3.68. The van der Waals surface area contributed by atoms with Gasteiger partial charge in [0.05, 0.1) is 0 Å². The van der Waals surface area contributed by atoms with E-state index in [1.54, 1.807) is 0 Å². The summed E-state index contributed by atoms with van der Waals surface area (Å²) >= 11 is 0. The summed E-state index contributed by atoms with van der Waals surface area (Å²) in [5.74, 6) is 0.744. The van der Waals surface area contributed by atoms with E-state index in [1.807, 2.05) is 0 Å². The summed E-state index contributed by atoms with van der Waals surface area (Å²) in [6.45, 7) is 13.7. The first kappa shape index (κ1) is 16.5.